The van der Waals surface area contributed by atoms with Gasteiger partial charge >= 0.3 is 0 Å². The molecule has 0 spiro atoms. The van der Waals surface area contributed by atoms with Crippen LogP contribution in [0.15, 0.2) is 48.1 Å². The molecule has 14 heavy (non-hydrogen) atoms. The minimum Gasteiger partial charge on any atom is -0.0991 e. The Hall–Kier alpha value is -0.950. The number of rotatable bonds is 5. The van der Waals surface area contributed by atoms with E-state index in [0.717, 1.165) is 11.1 Å². The Morgan fingerprint density at radius 1 is 1.29 bits per heavy atom. The van der Waals surface area contributed by atoms with Gasteiger partial charge in [-0.3, -0.25) is 0 Å². The number of hydrogen-bond donors (Lipinski definition) is 0. The fraction of sp³-hybridized carbons (Fsp3) is 0.308. The highest BCUT2D eigenvalue weighted by Crippen LogP contribution is 2.23. The van der Waals surface area contributed by atoms with Gasteiger partial charge in [0.15, 0.2) is 0 Å². The lowest BCUT2D eigenvalue weighted by Crippen LogP contribution is -1.99. The predicted molar refractivity (Wildman–Crippen MR) is 69.7 cm³/mol. The van der Waals surface area contributed by atoms with E-state index in [-0.39, 0.29) is 0 Å². The highest BCUT2D eigenvalue weighted by atomic mass is 32.1. The Kier molecular flexibility index (Phi) is 6.06. The van der Waals surface area contributed by atoms with Gasteiger partial charge in [0.1, 0.15) is 0 Å². The van der Waals surface area contributed by atoms with Crippen molar-refractivity contribution < 1.29 is 0 Å². The molecule has 0 radical (unpaired) electrons. The van der Waals surface area contributed by atoms with Crippen molar-refractivity contribution in [1.29, 1.82) is 0 Å². The van der Waals surface area contributed by atoms with Crippen molar-refractivity contribution in [3.63, 3.8) is 0 Å². The average Bonchev–Trinajstić information content (AvgIpc) is 2.16. The Labute approximate surface area is 92.7 Å². The molecule has 0 atom stereocenters. The SMILES string of the molecule is C=C/C=C(\C(C=C)=C(/C)C=S)C(C)C. The molecule has 0 aromatic carbocycles. The van der Waals surface area contributed by atoms with Gasteiger partial charge in [0.05, 0.1) is 0 Å². The first-order valence-corrected chi connectivity index (χ1v) is 5.17. The molecule has 0 N–H and O–H groups in total. The van der Waals surface area contributed by atoms with Crippen LogP contribution in [-0.2, 0) is 0 Å². The summed E-state index contributed by atoms with van der Waals surface area (Å²) >= 11 is 4.92. The highest BCUT2D eigenvalue weighted by Gasteiger charge is 2.07. The molecule has 0 aliphatic rings. The van der Waals surface area contributed by atoms with E-state index in [4.69, 9.17) is 12.2 Å². The van der Waals surface area contributed by atoms with Crippen LogP contribution in [0.5, 0.6) is 0 Å². The summed E-state index contributed by atoms with van der Waals surface area (Å²) in [6.45, 7) is 13.8. The zero-order valence-electron chi connectivity index (χ0n) is 9.21. The topological polar surface area (TPSA) is 0 Å². The predicted octanol–water partition coefficient (Wildman–Crippen LogP) is 4.26. The van der Waals surface area contributed by atoms with Gasteiger partial charge in [0.2, 0.25) is 0 Å². The van der Waals surface area contributed by atoms with Crippen molar-refractivity contribution in [2.45, 2.75) is 20.8 Å². The molecule has 0 aliphatic carbocycles. The third-order valence-electron chi connectivity index (χ3n) is 2.04. The first-order chi connectivity index (χ1) is 6.58. The van der Waals surface area contributed by atoms with E-state index < -0.39 is 0 Å². The van der Waals surface area contributed by atoms with Crippen LogP contribution < -0.4 is 0 Å². The van der Waals surface area contributed by atoms with E-state index in [9.17, 15) is 0 Å². The van der Waals surface area contributed by atoms with E-state index in [0.29, 0.717) is 5.92 Å². The van der Waals surface area contributed by atoms with Gasteiger partial charge in [0, 0.05) is 5.37 Å². The maximum absolute atomic E-state index is 4.92. The normalized spacial score (nSPS) is 13.6. The zero-order chi connectivity index (χ0) is 11.1. The van der Waals surface area contributed by atoms with Gasteiger partial charge in [-0.15, -0.1) is 0 Å². The second-order valence-electron chi connectivity index (χ2n) is 3.43. The maximum Gasteiger partial charge on any atom is 0.00488 e. The lowest BCUT2D eigenvalue weighted by atomic mass is 9.92. The minimum absolute atomic E-state index is 0.450. The van der Waals surface area contributed by atoms with Gasteiger partial charge in [-0.25, -0.2) is 0 Å². The second-order valence-corrected chi connectivity index (χ2v) is 3.67. The summed E-state index contributed by atoms with van der Waals surface area (Å²) in [7, 11) is 0. The Balaban J connectivity index is 5.38. The molecule has 0 aliphatic heterocycles. The fourth-order valence-corrected chi connectivity index (χ4v) is 1.42. The van der Waals surface area contributed by atoms with Gasteiger partial charge in [0.25, 0.3) is 0 Å². The second kappa shape index (κ2) is 6.50. The number of allylic oxidation sites excluding steroid dienone is 6. The molecule has 1 heteroatoms. The standard InChI is InChI=1S/C13H18S/c1-6-8-13(10(3)4)12(7-2)11(5)9-14/h6-10H,1-2H2,3-5H3/b12-11+,13-8-. The monoisotopic (exact) mass is 206 g/mol. The summed E-state index contributed by atoms with van der Waals surface area (Å²) in [5.74, 6) is 0.450. The largest absolute Gasteiger partial charge is 0.0991 e. The third-order valence-corrected chi connectivity index (χ3v) is 2.39. The van der Waals surface area contributed by atoms with Crippen molar-refractivity contribution in [3.8, 4) is 0 Å². The molecular weight excluding hydrogens is 188 g/mol. The molecule has 0 saturated carbocycles. The minimum atomic E-state index is 0.450. The first-order valence-electron chi connectivity index (χ1n) is 4.69. The lowest BCUT2D eigenvalue weighted by molar-refractivity contribution is 0.782. The first kappa shape index (κ1) is 13.1. The molecule has 0 rings (SSSR count). The molecule has 0 bridgehead atoms. The molecule has 0 fully saturated rings. The molecular formula is C13H18S. The summed E-state index contributed by atoms with van der Waals surface area (Å²) in [6.07, 6.45) is 5.67. The van der Waals surface area contributed by atoms with E-state index in [1.807, 2.05) is 19.1 Å². The van der Waals surface area contributed by atoms with Crippen LogP contribution in [0.3, 0.4) is 0 Å². The summed E-state index contributed by atoms with van der Waals surface area (Å²) in [5, 5.41) is 1.69. The highest BCUT2D eigenvalue weighted by molar-refractivity contribution is 7.79. The van der Waals surface area contributed by atoms with E-state index in [2.05, 4.69) is 27.0 Å². The quantitative estimate of drug-likeness (QED) is 0.368. The van der Waals surface area contributed by atoms with E-state index in [1.165, 1.54) is 5.57 Å². The van der Waals surface area contributed by atoms with Gasteiger partial charge < -0.3 is 0 Å². The van der Waals surface area contributed by atoms with Crippen molar-refractivity contribution in [2.24, 2.45) is 5.92 Å². The third kappa shape index (κ3) is 3.43. The van der Waals surface area contributed by atoms with Gasteiger partial charge in [-0.1, -0.05) is 57.5 Å². The summed E-state index contributed by atoms with van der Waals surface area (Å²) < 4.78 is 0. The molecule has 0 unspecified atom stereocenters. The maximum atomic E-state index is 4.92. The van der Waals surface area contributed by atoms with E-state index in [1.54, 1.807) is 11.4 Å². The summed E-state index contributed by atoms with van der Waals surface area (Å²) in [5.41, 5.74) is 3.43. The Morgan fingerprint density at radius 2 is 1.86 bits per heavy atom. The molecule has 0 heterocycles. The molecule has 0 amide bonds. The molecule has 0 aromatic heterocycles. The van der Waals surface area contributed by atoms with Crippen molar-refractivity contribution in [1.82, 2.24) is 0 Å². The number of thiocarbonyl (C=S) groups is 1. The summed E-state index contributed by atoms with van der Waals surface area (Å²) in [6, 6.07) is 0. The smallest absolute Gasteiger partial charge is 0.00488 e. The van der Waals surface area contributed by atoms with Gasteiger partial charge in [-0.05, 0) is 29.6 Å². The Morgan fingerprint density at radius 3 is 2.14 bits per heavy atom. The van der Waals surface area contributed by atoms with Crippen LogP contribution in [0.25, 0.3) is 0 Å². The molecule has 0 aromatic rings. The Bertz CT molecular complexity index is 290. The van der Waals surface area contributed by atoms with Crippen LogP contribution in [0, 0.1) is 5.92 Å². The van der Waals surface area contributed by atoms with Crippen molar-refractivity contribution in [3.05, 3.63) is 48.1 Å². The van der Waals surface area contributed by atoms with Crippen molar-refractivity contribution in [2.75, 3.05) is 0 Å². The van der Waals surface area contributed by atoms with Crippen LogP contribution in [0.4, 0.5) is 0 Å². The van der Waals surface area contributed by atoms with Crippen LogP contribution in [-0.4, -0.2) is 5.37 Å². The fourth-order valence-electron chi connectivity index (χ4n) is 1.29. The van der Waals surface area contributed by atoms with Crippen LogP contribution in [0.1, 0.15) is 20.8 Å². The lowest BCUT2D eigenvalue weighted by Gasteiger charge is -2.13. The van der Waals surface area contributed by atoms with Crippen LogP contribution >= 0.6 is 12.2 Å². The molecule has 0 nitrogen and oxygen atoms in total. The molecule has 0 saturated heterocycles. The van der Waals surface area contributed by atoms with Crippen LogP contribution in [0.2, 0.25) is 0 Å². The van der Waals surface area contributed by atoms with E-state index >= 15 is 0 Å². The molecule has 76 valence electrons. The average molecular weight is 206 g/mol. The zero-order valence-corrected chi connectivity index (χ0v) is 10.0. The van der Waals surface area contributed by atoms with Gasteiger partial charge in [-0.2, -0.15) is 0 Å². The number of hydrogen-bond acceptors (Lipinski definition) is 1. The summed E-state index contributed by atoms with van der Waals surface area (Å²) in [4.78, 5) is 0. The van der Waals surface area contributed by atoms with Crippen molar-refractivity contribution >= 4 is 17.6 Å².